The fourth-order valence-electron chi connectivity index (χ4n) is 5.67. The van der Waals surface area contributed by atoms with Gasteiger partial charge in [-0.25, -0.2) is 4.79 Å². The molecule has 4 amide bonds. The van der Waals surface area contributed by atoms with E-state index in [0.29, 0.717) is 18.0 Å². The minimum atomic E-state index is -0.743. The first-order chi connectivity index (χ1) is 17.6. The van der Waals surface area contributed by atoms with E-state index in [0.717, 1.165) is 29.7 Å². The van der Waals surface area contributed by atoms with Crippen LogP contribution in [0, 0.1) is 12.8 Å². The molecule has 3 N–H and O–H groups in total. The van der Waals surface area contributed by atoms with Crippen LogP contribution >= 0.6 is 0 Å². The van der Waals surface area contributed by atoms with Crippen LogP contribution in [0.4, 0.5) is 16.2 Å². The Morgan fingerprint density at radius 2 is 1.65 bits per heavy atom. The highest BCUT2D eigenvalue weighted by molar-refractivity contribution is 6.05. The Kier molecular flexibility index (Phi) is 8.20. The highest BCUT2D eigenvalue weighted by Crippen LogP contribution is 2.44. The van der Waals surface area contributed by atoms with E-state index in [1.807, 2.05) is 70.2 Å². The van der Waals surface area contributed by atoms with Crippen molar-refractivity contribution in [3.05, 3.63) is 59.7 Å². The molecule has 7 heteroatoms. The zero-order chi connectivity index (χ0) is 26.6. The Hall–Kier alpha value is -3.35. The molecular weight excluding hydrogens is 464 g/mol. The molecule has 2 aliphatic rings. The van der Waals surface area contributed by atoms with Crippen molar-refractivity contribution in [2.75, 3.05) is 16.8 Å². The van der Waals surface area contributed by atoms with Gasteiger partial charge in [-0.05, 0) is 82.6 Å². The number of aryl methyl sites for hydroxylation is 1. The summed E-state index contributed by atoms with van der Waals surface area (Å²) in [7, 11) is 0. The van der Waals surface area contributed by atoms with Crippen molar-refractivity contribution in [2.45, 2.75) is 83.7 Å². The molecule has 1 saturated carbocycles. The molecule has 0 bridgehead atoms. The van der Waals surface area contributed by atoms with Gasteiger partial charge in [0.05, 0.1) is 0 Å². The molecular formula is C30H40N4O3. The number of urea groups is 1. The number of carbonyl (C=O) groups is 3. The number of hydrogen-bond acceptors (Lipinski definition) is 3. The van der Waals surface area contributed by atoms with Crippen LogP contribution in [0.15, 0.2) is 48.5 Å². The second-order valence-electron chi connectivity index (χ2n) is 11.5. The van der Waals surface area contributed by atoms with Crippen LogP contribution in [-0.4, -0.2) is 36.0 Å². The number of fused-ring (bicyclic) bond motifs is 1. The van der Waals surface area contributed by atoms with Crippen LogP contribution in [0.2, 0.25) is 0 Å². The van der Waals surface area contributed by atoms with Crippen LogP contribution in [-0.2, 0) is 9.59 Å². The maximum atomic E-state index is 14.0. The van der Waals surface area contributed by atoms with Crippen LogP contribution in [0.3, 0.4) is 0 Å². The summed E-state index contributed by atoms with van der Waals surface area (Å²) in [4.78, 5) is 41.5. The Balaban J connectivity index is 1.64. The van der Waals surface area contributed by atoms with E-state index in [2.05, 4.69) is 22.0 Å². The number of hydrogen-bond donors (Lipinski definition) is 3. The Morgan fingerprint density at radius 3 is 2.32 bits per heavy atom. The Bertz CT molecular complexity index is 1120. The maximum absolute atomic E-state index is 14.0. The number of nitrogens with one attached hydrogen (secondary N) is 3. The average Bonchev–Trinajstić information content (AvgIpc) is 2.95. The van der Waals surface area contributed by atoms with Gasteiger partial charge < -0.3 is 20.9 Å². The average molecular weight is 505 g/mol. The van der Waals surface area contributed by atoms with E-state index in [1.54, 1.807) is 4.90 Å². The monoisotopic (exact) mass is 504 g/mol. The first-order valence-corrected chi connectivity index (χ1v) is 13.5. The predicted octanol–water partition coefficient (Wildman–Crippen LogP) is 5.50. The van der Waals surface area contributed by atoms with E-state index in [1.165, 1.54) is 19.3 Å². The molecule has 2 unspecified atom stereocenters. The lowest BCUT2D eigenvalue weighted by Crippen LogP contribution is -2.53. The molecule has 4 rings (SSSR count). The van der Waals surface area contributed by atoms with E-state index < -0.39 is 17.6 Å². The summed E-state index contributed by atoms with van der Waals surface area (Å²) < 4.78 is 0. The number of nitrogens with zero attached hydrogens (tertiary/aromatic N) is 1. The van der Waals surface area contributed by atoms with E-state index >= 15 is 0 Å². The molecule has 1 fully saturated rings. The number of carbonyl (C=O) groups excluding carboxylic acids is 3. The van der Waals surface area contributed by atoms with Gasteiger partial charge in [0.15, 0.2) is 0 Å². The fourth-order valence-corrected chi connectivity index (χ4v) is 5.67. The third-order valence-electron chi connectivity index (χ3n) is 7.33. The van der Waals surface area contributed by atoms with Crippen LogP contribution < -0.4 is 20.9 Å². The quantitative estimate of drug-likeness (QED) is 0.502. The van der Waals surface area contributed by atoms with Crippen molar-refractivity contribution in [3.8, 4) is 0 Å². The van der Waals surface area contributed by atoms with Crippen molar-refractivity contribution in [1.82, 2.24) is 10.6 Å². The van der Waals surface area contributed by atoms with Gasteiger partial charge in [0.25, 0.3) is 0 Å². The molecule has 0 saturated heterocycles. The number of amides is 4. The molecule has 0 radical (unpaired) electrons. The molecule has 2 atom stereocenters. The van der Waals surface area contributed by atoms with Crippen molar-refractivity contribution in [3.63, 3.8) is 0 Å². The SMILES string of the molecule is Cc1ccc(NC(=O)NC2CC(C3CCCCC3)c3ccccc3N(CC(=O)NC(C)(C)C)C2=O)cc1. The second-order valence-corrected chi connectivity index (χ2v) is 11.5. The predicted molar refractivity (Wildman–Crippen MR) is 148 cm³/mol. The molecule has 0 spiro atoms. The molecule has 1 heterocycles. The summed E-state index contributed by atoms with van der Waals surface area (Å²) in [5.41, 5.74) is 3.21. The molecule has 2 aromatic carbocycles. The third-order valence-corrected chi connectivity index (χ3v) is 7.33. The molecule has 37 heavy (non-hydrogen) atoms. The lowest BCUT2D eigenvalue weighted by molar-refractivity contribution is -0.125. The van der Waals surface area contributed by atoms with Crippen LogP contribution in [0.5, 0.6) is 0 Å². The summed E-state index contributed by atoms with van der Waals surface area (Å²) in [5, 5.41) is 8.79. The highest BCUT2D eigenvalue weighted by Gasteiger charge is 2.39. The van der Waals surface area contributed by atoms with Crippen LogP contribution in [0.1, 0.15) is 76.3 Å². The lowest BCUT2D eigenvalue weighted by atomic mass is 9.74. The highest BCUT2D eigenvalue weighted by atomic mass is 16.2. The molecule has 2 aromatic rings. The number of para-hydroxylation sites is 1. The maximum Gasteiger partial charge on any atom is 0.319 e. The first kappa shape index (κ1) is 26.7. The topological polar surface area (TPSA) is 90.5 Å². The number of rotatable bonds is 5. The van der Waals surface area contributed by atoms with Gasteiger partial charge >= 0.3 is 6.03 Å². The van der Waals surface area contributed by atoms with Gasteiger partial charge in [-0.2, -0.15) is 0 Å². The smallest absolute Gasteiger partial charge is 0.319 e. The van der Waals surface area contributed by atoms with Gasteiger partial charge in [-0.15, -0.1) is 0 Å². The molecule has 1 aliphatic heterocycles. The first-order valence-electron chi connectivity index (χ1n) is 13.5. The summed E-state index contributed by atoms with van der Waals surface area (Å²) in [5.74, 6) is 0.0832. The van der Waals surface area contributed by atoms with Crippen molar-refractivity contribution in [2.24, 2.45) is 5.92 Å². The summed E-state index contributed by atoms with van der Waals surface area (Å²) in [6, 6.07) is 14.3. The zero-order valence-electron chi connectivity index (χ0n) is 22.5. The molecule has 1 aliphatic carbocycles. The fraction of sp³-hybridized carbons (Fsp3) is 0.500. The zero-order valence-corrected chi connectivity index (χ0v) is 22.5. The molecule has 7 nitrogen and oxygen atoms in total. The van der Waals surface area contributed by atoms with Gasteiger partial charge in [0.2, 0.25) is 11.8 Å². The van der Waals surface area contributed by atoms with Crippen molar-refractivity contribution < 1.29 is 14.4 Å². The Morgan fingerprint density at radius 1 is 0.973 bits per heavy atom. The standard InChI is InChI=1S/C30H40N4O3/c1-20-14-16-22(17-15-20)31-29(37)32-25-18-24(21-10-6-5-7-11-21)23-12-8-9-13-26(23)34(28(25)36)19-27(35)33-30(2,3)4/h8-9,12-17,21,24-25H,5-7,10-11,18-19H2,1-4H3,(H,33,35)(H2,31,32,37). The van der Waals surface area contributed by atoms with Crippen molar-refractivity contribution in [1.29, 1.82) is 0 Å². The minimum absolute atomic E-state index is 0.0950. The third kappa shape index (κ3) is 6.90. The van der Waals surface area contributed by atoms with Gasteiger partial charge in [-0.3, -0.25) is 9.59 Å². The minimum Gasteiger partial charge on any atom is -0.350 e. The normalized spacial score (nSPS) is 20.5. The molecule has 0 aromatic heterocycles. The lowest BCUT2D eigenvalue weighted by Gasteiger charge is -2.32. The Labute approximate surface area is 220 Å². The van der Waals surface area contributed by atoms with Gasteiger partial charge in [-0.1, -0.05) is 55.2 Å². The van der Waals surface area contributed by atoms with Crippen molar-refractivity contribution >= 4 is 29.2 Å². The van der Waals surface area contributed by atoms with E-state index in [-0.39, 0.29) is 24.3 Å². The number of benzene rings is 2. The van der Waals surface area contributed by atoms with E-state index in [4.69, 9.17) is 0 Å². The second kappa shape index (κ2) is 11.4. The number of anilines is 2. The molecule has 198 valence electrons. The van der Waals surface area contributed by atoms with Gasteiger partial charge in [0.1, 0.15) is 12.6 Å². The van der Waals surface area contributed by atoms with Gasteiger partial charge in [0, 0.05) is 16.9 Å². The van der Waals surface area contributed by atoms with Crippen LogP contribution in [0.25, 0.3) is 0 Å². The summed E-state index contributed by atoms with van der Waals surface area (Å²) in [6.07, 6.45) is 6.34. The summed E-state index contributed by atoms with van der Waals surface area (Å²) >= 11 is 0. The van der Waals surface area contributed by atoms with E-state index in [9.17, 15) is 14.4 Å². The largest absolute Gasteiger partial charge is 0.350 e. The summed E-state index contributed by atoms with van der Waals surface area (Å²) in [6.45, 7) is 7.65.